The summed E-state index contributed by atoms with van der Waals surface area (Å²) in [4.78, 5) is 23.3. The van der Waals surface area contributed by atoms with Gasteiger partial charge in [0.1, 0.15) is 0 Å². The summed E-state index contributed by atoms with van der Waals surface area (Å²) in [5.41, 5.74) is -1.35. The summed E-state index contributed by atoms with van der Waals surface area (Å²) in [5, 5.41) is 11.8. The Hall–Kier alpha value is -1.10. The standard InChI is InChI=1S/C15H27NO4/c1-11(12-7-5-4-6-8-12)9-13(17)16-15(2,10-20-3)14(18)19/h11-12H,4-10H2,1-3H3,(H,16,17)(H,18,19). The third-order valence-corrected chi connectivity index (χ3v) is 4.28. The lowest BCUT2D eigenvalue weighted by Gasteiger charge is -2.29. The summed E-state index contributed by atoms with van der Waals surface area (Å²) < 4.78 is 4.89. The molecule has 20 heavy (non-hydrogen) atoms. The van der Waals surface area contributed by atoms with Crippen molar-refractivity contribution in [2.75, 3.05) is 13.7 Å². The first-order valence-corrected chi connectivity index (χ1v) is 7.42. The first-order valence-electron chi connectivity index (χ1n) is 7.42. The molecule has 5 nitrogen and oxygen atoms in total. The normalized spacial score (nSPS) is 20.9. The molecule has 1 aliphatic carbocycles. The van der Waals surface area contributed by atoms with Crippen LogP contribution in [0.4, 0.5) is 0 Å². The molecule has 0 aromatic carbocycles. The van der Waals surface area contributed by atoms with Crippen molar-refractivity contribution < 1.29 is 19.4 Å². The van der Waals surface area contributed by atoms with E-state index in [2.05, 4.69) is 12.2 Å². The van der Waals surface area contributed by atoms with Crippen molar-refractivity contribution in [3.63, 3.8) is 0 Å². The molecule has 5 heteroatoms. The molecule has 116 valence electrons. The van der Waals surface area contributed by atoms with E-state index in [1.54, 1.807) is 0 Å². The highest BCUT2D eigenvalue weighted by molar-refractivity contribution is 5.86. The third-order valence-electron chi connectivity index (χ3n) is 4.28. The van der Waals surface area contributed by atoms with E-state index in [0.29, 0.717) is 18.3 Å². The largest absolute Gasteiger partial charge is 0.479 e. The zero-order valence-corrected chi connectivity index (χ0v) is 12.8. The SMILES string of the molecule is COCC(C)(NC(=O)CC(C)C1CCCCC1)C(=O)O. The monoisotopic (exact) mass is 285 g/mol. The second-order valence-electron chi connectivity index (χ2n) is 6.20. The highest BCUT2D eigenvalue weighted by Crippen LogP contribution is 2.31. The fourth-order valence-corrected chi connectivity index (χ4v) is 2.96. The van der Waals surface area contributed by atoms with Crippen LogP contribution in [0.1, 0.15) is 52.4 Å². The van der Waals surface area contributed by atoms with Crippen LogP contribution >= 0.6 is 0 Å². The summed E-state index contributed by atoms with van der Waals surface area (Å²) in [6, 6.07) is 0. The van der Waals surface area contributed by atoms with Gasteiger partial charge in [0.15, 0.2) is 5.54 Å². The highest BCUT2D eigenvalue weighted by Gasteiger charge is 2.35. The number of hydrogen-bond acceptors (Lipinski definition) is 3. The lowest BCUT2D eigenvalue weighted by molar-refractivity contribution is -0.149. The molecule has 1 fully saturated rings. The number of rotatable bonds is 7. The van der Waals surface area contributed by atoms with Crippen LogP contribution in [0.2, 0.25) is 0 Å². The molecule has 0 spiro atoms. The van der Waals surface area contributed by atoms with Crippen LogP contribution in [0.3, 0.4) is 0 Å². The van der Waals surface area contributed by atoms with Crippen LogP contribution in [0, 0.1) is 11.8 Å². The zero-order chi connectivity index (χ0) is 15.2. The van der Waals surface area contributed by atoms with Gasteiger partial charge in [-0.25, -0.2) is 4.79 Å². The average molecular weight is 285 g/mol. The van der Waals surface area contributed by atoms with E-state index in [-0.39, 0.29) is 12.5 Å². The molecule has 1 aliphatic rings. The van der Waals surface area contributed by atoms with Gasteiger partial charge in [-0.05, 0) is 18.8 Å². The Morgan fingerprint density at radius 1 is 1.35 bits per heavy atom. The van der Waals surface area contributed by atoms with Gasteiger partial charge in [0.2, 0.25) is 5.91 Å². The molecule has 0 heterocycles. The molecule has 2 unspecified atom stereocenters. The number of methoxy groups -OCH3 is 1. The number of nitrogens with one attached hydrogen (secondary N) is 1. The number of carboxylic acids is 1. The van der Waals surface area contributed by atoms with Crippen molar-refractivity contribution >= 4 is 11.9 Å². The maximum absolute atomic E-state index is 12.1. The second-order valence-corrected chi connectivity index (χ2v) is 6.20. The molecule has 1 saturated carbocycles. The molecule has 0 saturated heterocycles. The van der Waals surface area contributed by atoms with E-state index in [1.165, 1.54) is 46.1 Å². The Labute approximate surface area is 121 Å². The minimum absolute atomic E-state index is 0.0358. The van der Waals surface area contributed by atoms with Crippen LogP contribution in [-0.4, -0.2) is 36.2 Å². The van der Waals surface area contributed by atoms with Crippen molar-refractivity contribution in [3.05, 3.63) is 0 Å². The quantitative estimate of drug-likeness (QED) is 0.752. The Morgan fingerprint density at radius 3 is 2.45 bits per heavy atom. The summed E-state index contributed by atoms with van der Waals surface area (Å²) >= 11 is 0. The van der Waals surface area contributed by atoms with Crippen molar-refractivity contribution in [2.45, 2.75) is 57.9 Å². The lowest BCUT2D eigenvalue weighted by atomic mass is 9.79. The van der Waals surface area contributed by atoms with E-state index in [9.17, 15) is 14.7 Å². The fourth-order valence-electron chi connectivity index (χ4n) is 2.96. The van der Waals surface area contributed by atoms with Crippen LogP contribution in [0.25, 0.3) is 0 Å². The molecule has 0 bridgehead atoms. The third kappa shape index (κ3) is 4.78. The van der Waals surface area contributed by atoms with E-state index in [0.717, 1.165) is 0 Å². The fraction of sp³-hybridized carbons (Fsp3) is 0.867. The average Bonchev–Trinajstić information content (AvgIpc) is 2.39. The first-order chi connectivity index (χ1) is 9.39. The van der Waals surface area contributed by atoms with E-state index < -0.39 is 11.5 Å². The number of ether oxygens (including phenoxy) is 1. The maximum atomic E-state index is 12.1. The van der Waals surface area contributed by atoms with Gasteiger partial charge in [0, 0.05) is 13.5 Å². The number of carbonyl (C=O) groups excluding carboxylic acids is 1. The van der Waals surface area contributed by atoms with Crippen molar-refractivity contribution in [3.8, 4) is 0 Å². The van der Waals surface area contributed by atoms with Crippen LogP contribution in [0.15, 0.2) is 0 Å². The minimum atomic E-state index is -1.35. The van der Waals surface area contributed by atoms with E-state index >= 15 is 0 Å². The molecule has 1 amide bonds. The molecule has 0 aromatic heterocycles. The zero-order valence-electron chi connectivity index (χ0n) is 12.8. The molecule has 2 atom stereocenters. The van der Waals surface area contributed by atoms with E-state index in [4.69, 9.17) is 4.74 Å². The Bertz CT molecular complexity index is 339. The Morgan fingerprint density at radius 2 is 1.95 bits per heavy atom. The van der Waals surface area contributed by atoms with Crippen LogP contribution < -0.4 is 5.32 Å². The molecular formula is C15H27NO4. The summed E-state index contributed by atoms with van der Waals surface area (Å²) in [6.45, 7) is 3.53. The number of amides is 1. The second kappa shape index (κ2) is 7.62. The van der Waals surface area contributed by atoms with Gasteiger partial charge in [0.05, 0.1) is 6.61 Å². The van der Waals surface area contributed by atoms with Crippen molar-refractivity contribution in [2.24, 2.45) is 11.8 Å². The van der Waals surface area contributed by atoms with Gasteiger partial charge < -0.3 is 15.2 Å². The van der Waals surface area contributed by atoms with Crippen molar-refractivity contribution in [1.29, 1.82) is 0 Å². The number of aliphatic carboxylic acids is 1. The highest BCUT2D eigenvalue weighted by atomic mass is 16.5. The van der Waals surface area contributed by atoms with E-state index in [1.807, 2.05) is 0 Å². The number of carboxylic acid groups (broad SMARTS) is 1. The molecule has 1 rings (SSSR count). The molecule has 0 aliphatic heterocycles. The summed E-state index contributed by atoms with van der Waals surface area (Å²) in [5.74, 6) is -0.382. The first kappa shape index (κ1) is 17.0. The predicted octanol–water partition coefficient (Wildman–Crippen LogP) is 2.20. The van der Waals surface area contributed by atoms with Crippen LogP contribution in [-0.2, 0) is 14.3 Å². The molecule has 2 N–H and O–H groups in total. The lowest BCUT2D eigenvalue weighted by Crippen LogP contribution is -2.55. The molecule has 0 radical (unpaired) electrons. The van der Waals surface area contributed by atoms with Gasteiger partial charge in [-0.15, -0.1) is 0 Å². The Kier molecular flexibility index (Phi) is 6.46. The number of hydrogen-bond donors (Lipinski definition) is 2. The van der Waals surface area contributed by atoms with Gasteiger partial charge >= 0.3 is 5.97 Å². The van der Waals surface area contributed by atoms with Gasteiger partial charge in [0.25, 0.3) is 0 Å². The van der Waals surface area contributed by atoms with Gasteiger partial charge in [-0.1, -0.05) is 39.0 Å². The smallest absolute Gasteiger partial charge is 0.331 e. The predicted molar refractivity (Wildman–Crippen MR) is 76.4 cm³/mol. The summed E-state index contributed by atoms with van der Waals surface area (Å²) in [6.07, 6.45) is 6.53. The summed E-state index contributed by atoms with van der Waals surface area (Å²) in [7, 11) is 1.43. The maximum Gasteiger partial charge on any atom is 0.331 e. The van der Waals surface area contributed by atoms with Crippen molar-refractivity contribution in [1.82, 2.24) is 5.32 Å². The molecular weight excluding hydrogens is 258 g/mol. The minimum Gasteiger partial charge on any atom is -0.479 e. The Balaban J connectivity index is 2.50. The topological polar surface area (TPSA) is 75.6 Å². The van der Waals surface area contributed by atoms with Gasteiger partial charge in [-0.2, -0.15) is 0 Å². The van der Waals surface area contributed by atoms with Gasteiger partial charge in [-0.3, -0.25) is 4.79 Å². The number of carbonyl (C=O) groups is 2. The van der Waals surface area contributed by atoms with Crippen LogP contribution in [0.5, 0.6) is 0 Å². The molecule has 0 aromatic rings.